The van der Waals surface area contributed by atoms with Crippen LogP contribution < -0.4 is 14.2 Å². The summed E-state index contributed by atoms with van der Waals surface area (Å²) in [5, 5.41) is 8.63. The van der Waals surface area contributed by atoms with Crippen LogP contribution in [-0.2, 0) is 0 Å². The van der Waals surface area contributed by atoms with E-state index < -0.39 is 6.23 Å². The molecule has 0 aromatic heterocycles. The lowest BCUT2D eigenvalue weighted by Gasteiger charge is -2.38. The molecular weight excluding hydrogens is 471 g/mol. The quantitative estimate of drug-likeness (QED) is 0.399. The maximum absolute atomic E-state index is 6.54. The Morgan fingerprint density at radius 3 is 2.38 bits per heavy atom. The van der Waals surface area contributed by atoms with Gasteiger partial charge in [0.15, 0.2) is 11.5 Å². The lowest BCUT2D eigenvalue weighted by atomic mass is 9.95. The number of benzene rings is 3. The molecule has 5 nitrogen and oxygen atoms in total. The minimum atomic E-state index is -0.504. The molecule has 164 valence electrons. The minimum Gasteiger partial charge on any atom is -0.493 e. The van der Waals surface area contributed by atoms with E-state index in [1.165, 1.54) is 0 Å². The Bertz CT molecular complexity index is 1230. The lowest BCUT2D eigenvalue weighted by Crippen LogP contribution is -2.33. The predicted molar refractivity (Wildman–Crippen MR) is 127 cm³/mol. The van der Waals surface area contributed by atoms with Crippen molar-refractivity contribution in [2.75, 3.05) is 14.2 Å². The molecule has 0 radical (unpaired) electrons. The summed E-state index contributed by atoms with van der Waals surface area (Å²) in [4.78, 5) is 0. The first-order valence-electron chi connectivity index (χ1n) is 9.97. The van der Waals surface area contributed by atoms with E-state index in [4.69, 9.17) is 54.1 Å². The van der Waals surface area contributed by atoms with Gasteiger partial charge in [0.1, 0.15) is 5.75 Å². The van der Waals surface area contributed by atoms with Crippen molar-refractivity contribution < 1.29 is 14.2 Å². The van der Waals surface area contributed by atoms with E-state index in [9.17, 15) is 0 Å². The molecule has 2 heterocycles. The second-order valence-electron chi connectivity index (χ2n) is 7.53. The summed E-state index contributed by atoms with van der Waals surface area (Å²) in [5.41, 5.74) is 3.63. The molecule has 2 aliphatic rings. The van der Waals surface area contributed by atoms with Gasteiger partial charge in [-0.25, -0.2) is 5.01 Å². The molecule has 0 amide bonds. The third kappa shape index (κ3) is 3.64. The first kappa shape index (κ1) is 21.3. The molecule has 0 spiro atoms. The predicted octanol–water partition coefficient (Wildman–Crippen LogP) is 6.91. The summed E-state index contributed by atoms with van der Waals surface area (Å²) < 4.78 is 17.2. The summed E-state index contributed by atoms with van der Waals surface area (Å²) >= 11 is 19.0. The van der Waals surface area contributed by atoms with Gasteiger partial charge in [0, 0.05) is 33.2 Å². The standard InChI is InChI=1S/C24H19Cl3N2O3/c1-30-22-7-3-13(9-23(22)31-2)19-12-20-17-10-14(25)5-8-21(17)32-24(29(20)28-19)16-6-4-15(26)11-18(16)27/h3-11,20,24H,12H2,1-2H3/t20-,24-/m1/s1. The SMILES string of the molecule is COc1ccc(C2=NN3[C@H](C2)c2cc(Cl)ccc2O[C@@H]3c2ccc(Cl)cc2Cl)cc1OC. The Morgan fingerprint density at radius 1 is 0.875 bits per heavy atom. The van der Waals surface area contributed by atoms with Crippen LogP contribution in [0.3, 0.4) is 0 Å². The third-order valence-corrected chi connectivity index (χ3v) is 6.49. The van der Waals surface area contributed by atoms with Crippen LogP contribution in [0.5, 0.6) is 17.2 Å². The summed E-state index contributed by atoms with van der Waals surface area (Å²) in [5.74, 6) is 2.07. The van der Waals surface area contributed by atoms with Crippen LogP contribution in [0.1, 0.15) is 35.4 Å². The van der Waals surface area contributed by atoms with Gasteiger partial charge in [0.05, 0.1) is 31.0 Å². The topological polar surface area (TPSA) is 43.3 Å². The van der Waals surface area contributed by atoms with Crippen LogP contribution in [-0.4, -0.2) is 24.9 Å². The number of hydrogen-bond acceptors (Lipinski definition) is 5. The summed E-state index contributed by atoms with van der Waals surface area (Å²) in [6.45, 7) is 0. The maximum atomic E-state index is 6.54. The molecule has 3 aromatic rings. The van der Waals surface area contributed by atoms with Gasteiger partial charge in [0.2, 0.25) is 6.23 Å². The molecule has 32 heavy (non-hydrogen) atoms. The molecule has 3 aromatic carbocycles. The monoisotopic (exact) mass is 488 g/mol. The van der Waals surface area contributed by atoms with Crippen molar-refractivity contribution >= 4 is 40.5 Å². The van der Waals surface area contributed by atoms with E-state index in [1.54, 1.807) is 26.4 Å². The number of halogens is 3. The molecule has 0 unspecified atom stereocenters. The lowest BCUT2D eigenvalue weighted by molar-refractivity contribution is -0.0189. The molecule has 0 saturated heterocycles. The van der Waals surface area contributed by atoms with Gasteiger partial charge in [-0.1, -0.05) is 40.9 Å². The van der Waals surface area contributed by atoms with E-state index in [0.29, 0.717) is 33.0 Å². The largest absolute Gasteiger partial charge is 0.493 e. The van der Waals surface area contributed by atoms with Gasteiger partial charge in [-0.2, -0.15) is 5.10 Å². The summed E-state index contributed by atoms with van der Waals surface area (Å²) in [6, 6.07) is 16.8. The normalized spacial score (nSPS) is 19.0. The fourth-order valence-electron chi connectivity index (χ4n) is 4.16. The Morgan fingerprint density at radius 2 is 1.62 bits per heavy atom. The van der Waals surface area contributed by atoms with E-state index in [0.717, 1.165) is 28.2 Å². The van der Waals surface area contributed by atoms with Crippen LogP contribution in [0.25, 0.3) is 0 Å². The zero-order valence-corrected chi connectivity index (χ0v) is 19.6. The molecule has 0 saturated carbocycles. The minimum absolute atomic E-state index is 0.0581. The highest BCUT2D eigenvalue weighted by Crippen LogP contribution is 2.49. The highest BCUT2D eigenvalue weighted by atomic mass is 35.5. The zero-order chi connectivity index (χ0) is 22.4. The smallest absolute Gasteiger partial charge is 0.215 e. The summed E-state index contributed by atoms with van der Waals surface area (Å²) in [7, 11) is 3.23. The highest BCUT2D eigenvalue weighted by molar-refractivity contribution is 6.35. The molecule has 8 heteroatoms. The number of ether oxygens (including phenoxy) is 3. The van der Waals surface area contributed by atoms with E-state index >= 15 is 0 Å². The van der Waals surface area contributed by atoms with Crippen LogP contribution >= 0.6 is 34.8 Å². The van der Waals surface area contributed by atoms with Crippen molar-refractivity contribution in [2.45, 2.75) is 18.7 Å². The molecule has 0 bridgehead atoms. The molecule has 5 rings (SSSR count). The average Bonchev–Trinajstić information content (AvgIpc) is 3.24. The van der Waals surface area contributed by atoms with E-state index in [1.807, 2.05) is 47.5 Å². The van der Waals surface area contributed by atoms with Gasteiger partial charge >= 0.3 is 0 Å². The average molecular weight is 490 g/mol. The van der Waals surface area contributed by atoms with Gasteiger partial charge in [0.25, 0.3) is 0 Å². The van der Waals surface area contributed by atoms with Crippen LogP contribution in [0.15, 0.2) is 59.7 Å². The first-order chi connectivity index (χ1) is 15.5. The van der Waals surface area contributed by atoms with Gasteiger partial charge in [-0.3, -0.25) is 0 Å². The highest BCUT2D eigenvalue weighted by Gasteiger charge is 2.41. The fraction of sp³-hybridized carbons (Fsp3) is 0.208. The third-order valence-electron chi connectivity index (χ3n) is 5.70. The number of methoxy groups -OCH3 is 2. The van der Waals surface area contributed by atoms with Crippen LogP contribution in [0.2, 0.25) is 15.1 Å². The number of hydrogen-bond donors (Lipinski definition) is 0. The second kappa shape index (κ2) is 8.39. The van der Waals surface area contributed by atoms with E-state index in [-0.39, 0.29) is 6.04 Å². The second-order valence-corrected chi connectivity index (χ2v) is 8.81. The van der Waals surface area contributed by atoms with Gasteiger partial charge in [-0.15, -0.1) is 0 Å². The van der Waals surface area contributed by atoms with Crippen molar-refractivity contribution in [3.8, 4) is 17.2 Å². The molecular formula is C24H19Cl3N2O3. The molecule has 2 atom stereocenters. The first-order valence-corrected chi connectivity index (χ1v) is 11.1. The maximum Gasteiger partial charge on any atom is 0.215 e. The molecule has 0 fully saturated rings. The summed E-state index contributed by atoms with van der Waals surface area (Å²) in [6.07, 6.45) is 0.171. The van der Waals surface area contributed by atoms with Crippen molar-refractivity contribution in [3.63, 3.8) is 0 Å². The molecule has 2 aliphatic heterocycles. The number of rotatable bonds is 4. The van der Waals surface area contributed by atoms with E-state index in [2.05, 4.69) is 0 Å². The molecule has 0 N–H and O–H groups in total. The fourth-order valence-corrected chi connectivity index (χ4v) is 4.84. The van der Waals surface area contributed by atoms with Crippen molar-refractivity contribution in [1.29, 1.82) is 0 Å². The molecule has 0 aliphatic carbocycles. The van der Waals surface area contributed by atoms with Crippen LogP contribution in [0, 0.1) is 0 Å². The van der Waals surface area contributed by atoms with Gasteiger partial charge < -0.3 is 14.2 Å². The van der Waals surface area contributed by atoms with Crippen molar-refractivity contribution in [2.24, 2.45) is 5.10 Å². The Kier molecular flexibility index (Phi) is 5.58. The number of fused-ring (bicyclic) bond motifs is 3. The Labute approximate surface area is 201 Å². The van der Waals surface area contributed by atoms with Crippen LogP contribution in [0.4, 0.5) is 0 Å². The number of nitrogens with zero attached hydrogens (tertiary/aromatic N) is 2. The zero-order valence-electron chi connectivity index (χ0n) is 17.3. The van der Waals surface area contributed by atoms with Gasteiger partial charge in [-0.05, 0) is 48.5 Å². The Hall–Kier alpha value is -2.60. The Balaban J connectivity index is 1.60. The van der Waals surface area contributed by atoms with Crippen molar-refractivity contribution in [3.05, 3.63) is 86.4 Å². The number of hydrazone groups is 1. The van der Waals surface area contributed by atoms with Crippen molar-refractivity contribution in [1.82, 2.24) is 5.01 Å².